The Labute approximate surface area is 207 Å². The van der Waals surface area contributed by atoms with Gasteiger partial charge in [-0.2, -0.15) is 0 Å². The minimum Gasteiger partial charge on any atom is -0.382 e. The molecule has 2 aromatic heterocycles. The van der Waals surface area contributed by atoms with Crippen LogP contribution in [0.4, 0.5) is 15.9 Å². The van der Waals surface area contributed by atoms with Crippen LogP contribution in [0.5, 0.6) is 0 Å². The maximum Gasteiger partial charge on any atom is 0.137 e. The SMILES string of the molecule is Cl.Fc1ccc(NC2CCN(c3ncccc3-c3ccc(CN4CCNCC4)cn3)CC2)cc1. The molecule has 0 unspecified atom stereocenters. The summed E-state index contributed by atoms with van der Waals surface area (Å²) in [5.41, 5.74) is 4.27. The molecule has 0 atom stereocenters. The molecule has 0 radical (unpaired) electrons. The second-order valence-electron chi connectivity index (χ2n) is 8.86. The number of hydrogen-bond acceptors (Lipinski definition) is 6. The maximum atomic E-state index is 13.2. The van der Waals surface area contributed by atoms with Crippen LogP contribution in [0.25, 0.3) is 11.3 Å². The average Bonchev–Trinajstić information content (AvgIpc) is 2.87. The summed E-state index contributed by atoms with van der Waals surface area (Å²) in [6, 6.07) is 15.4. The Kier molecular flexibility index (Phi) is 8.32. The van der Waals surface area contributed by atoms with Crippen LogP contribution < -0.4 is 15.5 Å². The van der Waals surface area contributed by atoms with Gasteiger partial charge in [0.1, 0.15) is 11.6 Å². The molecule has 2 fully saturated rings. The van der Waals surface area contributed by atoms with Gasteiger partial charge in [0.2, 0.25) is 0 Å². The number of halogens is 2. The second kappa shape index (κ2) is 11.6. The fourth-order valence-electron chi connectivity index (χ4n) is 4.67. The summed E-state index contributed by atoms with van der Waals surface area (Å²) in [6.07, 6.45) is 5.88. The zero-order valence-corrected chi connectivity index (χ0v) is 20.1. The van der Waals surface area contributed by atoms with E-state index >= 15 is 0 Å². The van der Waals surface area contributed by atoms with Crippen LogP contribution in [0.1, 0.15) is 18.4 Å². The molecule has 6 nitrogen and oxygen atoms in total. The average molecular weight is 483 g/mol. The summed E-state index contributed by atoms with van der Waals surface area (Å²) < 4.78 is 13.2. The molecule has 34 heavy (non-hydrogen) atoms. The number of benzene rings is 1. The smallest absolute Gasteiger partial charge is 0.137 e. The molecule has 2 N–H and O–H groups in total. The summed E-state index contributed by atoms with van der Waals surface area (Å²) in [5, 5.41) is 6.93. The molecule has 0 spiro atoms. The minimum atomic E-state index is -0.205. The zero-order chi connectivity index (χ0) is 22.5. The highest BCUT2D eigenvalue weighted by molar-refractivity contribution is 5.85. The molecule has 3 aromatic rings. The van der Waals surface area contributed by atoms with Crippen LogP contribution in [0, 0.1) is 5.82 Å². The molecule has 0 aliphatic carbocycles. The van der Waals surface area contributed by atoms with E-state index in [0.717, 1.165) is 81.4 Å². The monoisotopic (exact) mass is 482 g/mol. The van der Waals surface area contributed by atoms with Crippen molar-refractivity contribution in [2.75, 3.05) is 49.5 Å². The molecular weight excluding hydrogens is 451 g/mol. The van der Waals surface area contributed by atoms with E-state index in [1.807, 2.05) is 18.5 Å². The van der Waals surface area contributed by atoms with Gasteiger partial charge in [-0.15, -0.1) is 12.4 Å². The van der Waals surface area contributed by atoms with E-state index in [9.17, 15) is 4.39 Å². The fourth-order valence-corrected chi connectivity index (χ4v) is 4.67. The molecule has 180 valence electrons. The van der Waals surface area contributed by atoms with E-state index in [0.29, 0.717) is 6.04 Å². The lowest BCUT2D eigenvalue weighted by atomic mass is 10.0. The van der Waals surface area contributed by atoms with Crippen molar-refractivity contribution in [3.63, 3.8) is 0 Å². The standard InChI is InChI=1S/C26H31FN6.ClH/c27-21-4-6-22(7-5-21)31-23-9-14-33(15-10-23)26-24(2-1-11-29-26)25-8-3-20(18-30-25)19-32-16-12-28-13-17-32;/h1-8,11,18,23,28,31H,9-10,12-17,19H2;1H. The zero-order valence-electron chi connectivity index (χ0n) is 19.3. The molecule has 5 rings (SSSR count). The van der Waals surface area contributed by atoms with Crippen molar-refractivity contribution in [1.29, 1.82) is 0 Å². The third-order valence-corrected chi connectivity index (χ3v) is 6.51. The molecule has 4 heterocycles. The first kappa shape index (κ1) is 24.4. The first-order valence-electron chi connectivity index (χ1n) is 11.8. The number of pyridine rings is 2. The van der Waals surface area contributed by atoms with Gasteiger partial charge < -0.3 is 15.5 Å². The Bertz CT molecular complexity index is 1030. The van der Waals surface area contributed by atoms with Gasteiger partial charge in [-0.3, -0.25) is 9.88 Å². The number of nitrogens with one attached hydrogen (secondary N) is 2. The van der Waals surface area contributed by atoms with Crippen LogP contribution in [0.3, 0.4) is 0 Å². The van der Waals surface area contributed by atoms with Crippen molar-refractivity contribution in [3.05, 3.63) is 72.3 Å². The summed E-state index contributed by atoms with van der Waals surface area (Å²) in [4.78, 5) is 14.3. The van der Waals surface area contributed by atoms with Gasteiger partial charge in [-0.1, -0.05) is 6.07 Å². The third kappa shape index (κ3) is 6.03. The van der Waals surface area contributed by atoms with Crippen molar-refractivity contribution >= 4 is 23.9 Å². The molecular formula is C26H32ClFN6. The largest absolute Gasteiger partial charge is 0.382 e. The summed E-state index contributed by atoms with van der Waals surface area (Å²) in [7, 11) is 0. The molecule has 0 saturated carbocycles. The van der Waals surface area contributed by atoms with Crippen molar-refractivity contribution in [1.82, 2.24) is 20.2 Å². The Balaban J connectivity index is 0.00000274. The Morgan fingerprint density at radius 1 is 0.941 bits per heavy atom. The first-order valence-corrected chi connectivity index (χ1v) is 11.8. The summed E-state index contributed by atoms with van der Waals surface area (Å²) in [6.45, 7) is 7.07. The minimum absolute atomic E-state index is 0. The third-order valence-electron chi connectivity index (χ3n) is 6.51. The lowest BCUT2D eigenvalue weighted by Crippen LogP contribution is -2.42. The Morgan fingerprint density at radius 2 is 1.71 bits per heavy atom. The molecule has 0 amide bonds. The topological polar surface area (TPSA) is 56.3 Å². The van der Waals surface area contributed by atoms with Gasteiger partial charge in [0, 0.05) is 75.5 Å². The first-order chi connectivity index (χ1) is 16.2. The second-order valence-corrected chi connectivity index (χ2v) is 8.86. The van der Waals surface area contributed by atoms with E-state index in [4.69, 9.17) is 9.97 Å². The Morgan fingerprint density at radius 3 is 2.41 bits per heavy atom. The fraction of sp³-hybridized carbons (Fsp3) is 0.385. The van der Waals surface area contributed by atoms with Gasteiger partial charge in [-0.25, -0.2) is 9.37 Å². The van der Waals surface area contributed by atoms with Crippen molar-refractivity contribution in [2.24, 2.45) is 0 Å². The normalized spacial score (nSPS) is 17.3. The summed E-state index contributed by atoms with van der Waals surface area (Å²) >= 11 is 0. The van der Waals surface area contributed by atoms with Crippen LogP contribution in [0.2, 0.25) is 0 Å². The van der Waals surface area contributed by atoms with Crippen LogP contribution in [-0.4, -0.2) is 60.2 Å². The number of rotatable bonds is 6. The molecule has 2 saturated heterocycles. The highest BCUT2D eigenvalue weighted by Gasteiger charge is 2.22. The number of hydrogen-bond donors (Lipinski definition) is 2. The van der Waals surface area contributed by atoms with E-state index in [-0.39, 0.29) is 18.2 Å². The molecule has 0 bridgehead atoms. The Hall–Kier alpha value is -2.74. The van der Waals surface area contributed by atoms with Gasteiger partial charge in [0.15, 0.2) is 0 Å². The van der Waals surface area contributed by atoms with E-state index in [1.165, 1.54) is 17.7 Å². The van der Waals surface area contributed by atoms with Crippen LogP contribution in [0.15, 0.2) is 60.9 Å². The van der Waals surface area contributed by atoms with Crippen molar-refractivity contribution < 1.29 is 4.39 Å². The van der Waals surface area contributed by atoms with E-state index in [1.54, 1.807) is 12.1 Å². The predicted molar refractivity (Wildman–Crippen MR) is 138 cm³/mol. The lowest BCUT2D eigenvalue weighted by Gasteiger charge is -2.34. The van der Waals surface area contributed by atoms with Gasteiger partial charge >= 0.3 is 0 Å². The van der Waals surface area contributed by atoms with Gasteiger partial charge in [0.25, 0.3) is 0 Å². The lowest BCUT2D eigenvalue weighted by molar-refractivity contribution is 0.233. The van der Waals surface area contributed by atoms with Crippen LogP contribution >= 0.6 is 12.4 Å². The molecule has 8 heteroatoms. The number of piperidine rings is 1. The highest BCUT2D eigenvalue weighted by Crippen LogP contribution is 2.30. The van der Waals surface area contributed by atoms with Crippen LogP contribution in [-0.2, 0) is 6.54 Å². The van der Waals surface area contributed by atoms with Gasteiger partial charge in [-0.05, 0) is 60.9 Å². The predicted octanol–water partition coefficient (Wildman–Crippen LogP) is 4.19. The van der Waals surface area contributed by atoms with Crippen molar-refractivity contribution in [2.45, 2.75) is 25.4 Å². The van der Waals surface area contributed by atoms with E-state index in [2.05, 4.69) is 38.6 Å². The molecule has 1 aromatic carbocycles. The maximum absolute atomic E-state index is 13.2. The number of nitrogens with zero attached hydrogens (tertiary/aromatic N) is 4. The summed E-state index contributed by atoms with van der Waals surface area (Å²) in [5.74, 6) is 0.795. The number of aromatic nitrogens is 2. The molecule has 2 aliphatic rings. The van der Waals surface area contributed by atoms with Gasteiger partial charge in [0.05, 0.1) is 5.69 Å². The quantitative estimate of drug-likeness (QED) is 0.549. The number of anilines is 2. The van der Waals surface area contributed by atoms with E-state index < -0.39 is 0 Å². The number of piperazine rings is 1. The van der Waals surface area contributed by atoms with Crippen molar-refractivity contribution in [3.8, 4) is 11.3 Å². The molecule has 2 aliphatic heterocycles. The highest BCUT2D eigenvalue weighted by atomic mass is 35.5.